The van der Waals surface area contributed by atoms with Gasteiger partial charge < -0.3 is 14.7 Å². The van der Waals surface area contributed by atoms with Gasteiger partial charge in [0.2, 0.25) is 0 Å². The van der Waals surface area contributed by atoms with Crippen molar-refractivity contribution in [3.05, 3.63) is 155 Å². The minimum absolute atomic E-state index is 0.118. The van der Waals surface area contributed by atoms with Gasteiger partial charge in [0.15, 0.2) is 10.3 Å². The zero-order chi connectivity index (χ0) is 37.5. The van der Waals surface area contributed by atoms with Crippen molar-refractivity contribution in [1.29, 1.82) is 0 Å². The van der Waals surface area contributed by atoms with Crippen LogP contribution in [0.3, 0.4) is 0 Å². The number of benzene rings is 5. The van der Waals surface area contributed by atoms with Crippen LogP contribution in [0.2, 0.25) is 0 Å². The fourth-order valence-electron chi connectivity index (χ4n) is 6.78. The largest absolute Gasteiger partial charge is 0.496 e. The molecule has 9 nitrogen and oxygen atoms in total. The van der Waals surface area contributed by atoms with Crippen molar-refractivity contribution in [2.24, 2.45) is 9.98 Å². The van der Waals surface area contributed by atoms with Crippen LogP contribution < -0.4 is 14.5 Å². The lowest BCUT2D eigenvalue weighted by Crippen LogP contribution is -2.28. The predicted octanol–water partition coefficient (Wildman–Crippen LogP) is 10.2. The lowest BCUT2D eigenvalue weighted by molar-refractivity contribution is -0.114. The van der Waals surface area contributed by atoms with Crippen LogP contribution in [-0.2, 0) is 9.59 Å². The molecule has 55 heavy (non-hydrogen) atoms. The number of H-pyrrole nitrogens is 2. The van der Waals surface area contributed by atoms with Crippen LogP contribution in [0.5, 0.6) is 5.75 Å². The van der Waals surface area contributed by atoms with Crippen LogP contribution >= 0.6 is 23.5 Å². The van der Waals surface area contributed by atoms with E-state index in [2.05, 4.69) is 27.1 Å². The molecule has 7 aromatic rings. The number of amidine groups is 2. The zero-order valence-electron chi connectivity index (χ0n) is 29.7. The lowest BCUT2D eigenvalue weighted by Gasteiger charge is -2.16. The molecule has 2 saturated heterocycles. The third-order valence-electron chi connectivity index (χ3n) is 9.41. The number of aromatic amines is 2. The second kappa shape index (κ2) is 14.3. The Hall–Kier alpha value is -6.56. The molecule has 2 aliphatic heterocycles. The number of carbonyl (C=O) groups is 2. The van der Waals surface area contributed by atoms with E-state index in [1.54, 1.807) is 24.0 Å². The maximum Gasteiger partial charge on any atom is 0.271 e. The van der Waals surface area contributed by atoms with Crippen LogP contribution in [0.15, 0.2) is 154 Å². The van der Waals surface area contributed by atoms with Crippen LogP contribution in [-0.4, -0.2) is 46.3 Å². The summed E-state index contributed by atoms with van der Waals surface area (Å²) in [5, 5.41) is 3.21. The van der Waals surface area contributed by atoms with Crippen LogP contribution in [0.1, 0.15) is 11.1 Å². The molecule has 0 atom stereocenters. The van der Waals surface area contributed by atoms with E-state index < -0.39 is 0 Å². The van der Waals surface area contributed by atoms with Gasteiger partial charge in [0.1, 0.15) is 5.75 Å². The summed E-state index contributed by atoms with van der Waals surface area (Å²) in [4.78, 5) is 48.2. The van der Waals surface area contributed by atoms with Gasteiger partial charge in [-0.1, -0.05) is 48.5 Å². The van der Waals surface area contributed by atoms with E-state index in [0.717, 1.165) is 55.4 Å². The number of ether oxygens (including phenoxy) is 1. The first kappa shape index (κ1) is 34.2. The molecule has 2 aliphatic rings. The standard InChI is InChI=1S/C44H32N6O3S2/c1-45-43-49(31-9-5-3-6-10-31)41(51)39(54-43)24-28-14-17-37-33(22-28)35(26-47-37)34-25-30(15-18-38(34)53-2)48-44-50(32-11-7-4-8-12-32)42(52)40(55-44)23-27-13-16-36-29(21-27)19-20-46-36/h3-26,46-47H,1-2H3/b39-24-,40-23-,45-43?,48-44?. The SMILES string of the molecule is CN=C1S/C(=C\c2ccc3[nH]cc(-c4cc(N=C5S/C(=C\c6ccc7[nH]ccc7c6)C(=O)N5c5ccccc5)ccc4OC)c3c2)C(=O)N1c1ccccc1. The number of rotatable bonds is 7. The number of nitrogens with one attached hydrogen (secondary N) is 2. The molecule has 0 saturated carbocycles. The Balaban J connectivity index is 1.08. The number of amides is 2. The highest BCUT2D eigenvalue weighted by Crippen LogP contribution is 2.42. The van der Waals surface area contributed by atoms with Crippen molar-refractivity contribution in [1.82, 2.24) is 9.97 Å². The average molecular weight is 757 g/mol. The third kappa shape index (κ3) is 6.43. The Labute approximate surface area is 325 Å². The summed E-state index contributed by atoms with van der Waals surface area (Å²) in [7, 11) is 3.34. The molecule has 2 fully saturated rings. The molecular formula is C44H32N6O3S2. The van der Waals surface area contributed by atoms with Crippen molar-refractivity contribution < 1.29 is 14.3 Å². The number of para-hydroxylation sites is 2. The summed E-state index contributed by atoms with van der Waals surface area (Å²) in [6.45, 7) is 0. The van der Waals surface area contributed by atoms with Gasteiger partial charge in [-0.25, -0.2) is 4.99 Å². The number of carbonyl (C=O) groups excluding carboxylic acids is 2. The zero-order valence-corrected chi connectivity index (χ0v) is 31.3. The van der Waals surface area contributed by atoms with Gasteiger partial charge in [0.25, 0.3) is 11.8 Å². The molecule has 0 radical (unpaired) electrons. The monoisotopic (exact) mass is 756 g/mol. The molecule has 9 rings (SSSR count). The van der Waals surface area contributed by atoms with Gasteiger partial charge >= 0.3 is 0 Å². The minimum Gasteiger partial charge on any atom is -0.496 e. The van der Waals surface area contributed by atoms with E-state index in [0.29, 0.717) is 31.6 Å². The van der Waals surface area contributed by atoms with Crippen molar-refractivity contribution in [2.45, 2.75) is 0 Å². The molecule has 0 bridgehead atoms. The summed E-state index contributed by atoms with van der Waals surface area (Å²) in [6.07, 6.45) is 7.69. The minimum atomic E-state index is -0.140. The Kier molecular flexibility index (Phi) is 8.93. The highest BCUT2D eigenvalue weighted by Gasteiger charge is 2.35. The van der Waals surface area contributed by atoms with E-state index in [1.807, 2.05) is 134 Å². The summed E-state index contributed by atoms with van der Waals surface area (Å²) < 4.78 is 5.87. The van der Waals surface area contributed by atoms with Crippen LogP contribution in [0.4, 0.5) is 17.1 Å². The molecular weight excluding hydrogens is 725 g/mol. The predicted molar refractivity (Wildman–Crippen MR) is 228 cm³/mol. The smallest absolute Gasteiger partial charge is 0.271 e. The van der Waals surface area contributed by atoms with Crippen molar-refractivity contribution in [3.8, 4) is 16.9 Å². The molecule has 2 amide bonds. The highest BCUT2D eigenvalue weighted by molar-refractivity contribution is 8.19. The second-order valence-electron chi connectivity index (χ2n) is 12.8. The average Bonchev–Trinajstić information content (AvgIpc) is 4.00. The number of anilines is 2. The fourth-order valence-corrected chi connectivity index (χ4v) is 8.72. The molecule has 268 valence electrons. The summed E-state index contributed by atoms with van der Waals surface area (Å²) in [5.74, 6) is 0.416. The molecule has 0 unspecified atom stereocenters. The second-order valence-corrected chi connectivity index (χ2v) is 14.8. The summed E-state index contributed by atoms with van der Waals surface area (Å²) in [6, 6.07) is 39.1. The quantitative estimate of drug-likeness (QED) is 0.158. The van der Waals surface area contributed by atoms with Gasteiger partial charge in [0.05, 0.1) is 34.0 Å². The van der Waals surface area contributed by atoms with Crippen molar-refractivity contribution in [2.75, 3.05) is 24.0 Å². The van der Waals surface area contributed by atoms with Gasteiger partial charge in [-0.3, -0.25) is 24.4 Å². The first-order valence-corrected chi connectivity index (χ1v) is 19.1. The summed E-state index contributed by atoms with van der Waals surface area (Å²) in [5.41, 5.74) is 7.70. The number of aromatic nitrogens is 2. The number of hydrogen-bond donors (Lipinski definition) is 2. The Morgan fingerprint density at radius 3 is 1.96 bits per heavy atom. The Morgan fingerprint density at radius 1 is 0.655 bits per heavy atom. The summed E-state index contributed by atoms with van der Waals surface area (Å²) >= 11 is 2.70. The van der Waals surface area contributed by atoms with Crippen LogP contribution in [0, 0.1) is 0 Å². The van der Waals surface area contributed by atoms with E-state index in [4.69, 9.17) is 9.73 Å². The maximum absolute atomic E-state index is 14.0. The molecule has 5 aromatic carbocycles. The Bertz CT molecular complexity index is 2770. The Morgan fingerprint density at radius 2 is 1.29 bits per heavy atom. The number of hydrogen-bond acceptors (Lipinski definition) is 7. The number of methoxy groups -OCH3 is 1. The highest BCUT2D eigenvalue weighted by atomic mass is 32.2. The first-order chi connectivity index (χ1) is 27.0. The normalized spacial score (nSPS) is 17.6. The molecule has 2 N–H and O–H groups in total. The molecule has 0 spiro atoms. The van der Waals surface area contributed by atoms with E-state index in [9.17, 15) is 9.59 Å². The molecule has 11 heteroatoms. The third-order valence-corrected chi connectivity index (χ3v) is 11.4. The van der Waals surface area contributed by atoms with E-state index >= 15 is 0 Å². The maximum atomic E-state index is 14.0. The number of nitrogens with zero attached hydrogens (tertiary/aromatic N) is 4. The lowest BCUT2D eigenvalue weighted by atomic mass is 10.0. The molecule has 0 aliphatic carbocycles. The van der Waals surface area contributed by atoms with Gasteiger partial charge in [0, 0.05) is 47.0 Å². The van der Waals surface area contributed by atoms with E-state index in [-0.39, 0.29) is 11.8 Å². The van der Waals surface area contributed by atoms with Gasteiger partial charge in [-0.15, -0.1) is 0 Å². The number of thioether (sulfide) groups is 2. The molecule has 2 aromatic heterocycles. The van der Waals surface area contributed by atoms with Crippen molar-refractivity contribution in [3.63, 3.8) is 0 Å². The molecule has 4 heterocycles. The fraction of sp³-hybridized carbons (Fsp3) is 0.0455. The van der Waals surface area contributed by atoms with E-state index in [1.165, 1.54) is 23.5 Å². The van der Waals surface area contributed by atoms with Crippen molar-refractivity contribution >= 4 is 96.7 Å². The van der Waals surface area contributed by atoms with Gasteiger partial charge in [-0.2, -0.15) is 0 Å². The van der Waals surface area contributed by atoms with Crippen LogP contribution in [0.25, 0.3) is 45.1 Å². The first-order valence-electron chi connectivity index (χ1n) is 17.5. The topological polar surface area (TPSA) is 106 Å². The van der Waals surface area contributed by atoms with Gasteiger partial charge in [-0.05, 0) is 125 Å². The number of aliphatic imine (C=N–C) groups is 2. The number of fused-ring (bicyclic) bond motifs is 2.